The van der Waals surface area contributed by atoms with Crippen LogP contribution in [-0.2, 0) is 0 Å². The van der Waals surface area contributed by atoms with Crippen molar-refractivity contribution in [2.45, 2.75) is 6.04 Å². The molecular weight excluding hydrogens is 337 g/mol. The average Bonchev–Trinajstić information content (AvgIpc) is 3.03. The molecule has 1 unspecified atom stereocenters. The molecule has 0 amide bonds. The Morgan fingerprint density at radius 2 is 1.78 bits per heavy atom. The predicted molar refractivity (Wildman–Crippen MR) is 89.0 cm³/mol. The summed E-state index contributed by atoms with van der Waals surface area (Å²) < 4.78 is 1.90. The van der Waals surface area contributed by atoms with Crippen LogP contribution in [0.4, 0.5) is 5.69 Å². The third-order valence-electron chi connectivity index (χ3n) is 3.49. The van der Waals surface area contributed by atoms with Crippen molar-refractivity contribution in [1.82, 2.24) is 9.55 Å². The number of benzene rings is 2. The molecule has 1 atom stereocenters. The van der Waals surface area contributed by atoms with Gasteiger partial charge in [-0.15, -0.1) is 0 Å². The normalized spacial score (nSPS) is 12.1. The lowest BCUT2D eigenvalue weighted by Gasteiger charge is -2.20. The Balaban J connectivity index is 2.11. The lowest BCUT2D eigenvalue weighted by molar-refractivity contribution is -0.384. The summed E-state index contributed by atoms with van der Waals surface area (Å²) >= 11 is 12.0. The van der Waals surface area contributed by atoms with E-state index in [1.54, 1.807) is 36.8 Å². The molecule has 5 nitrogen and oxygen atoms in total. The van der Waals surface area contributed by atoms with E-state index < -0.39 is 4.92 Å². The summed E-state index contributed by atoms with van der Waals surface area (Å²) in [4.78, 5) is 14.5. The second-order valence-corrected chi connectivity index (χ2v) is 5.78. The minimum Gasteiger partial charge on any atom is -0.326 e. The first-order valence-electron chi connectivity index (χ1n) is 6.73. The van der Waals surface area contributed by atoms with E-state index in [0.717, 1.165) is 11.1 Å². The van der Waals surface area contributed by atoms with Crippen LogP contribution in [-0.4, -0.2) is 14.5 Å². The van der Waals surface area contributed by atoms with Crippen LogP contribution in [0.5, 0.6) is 0 Å². The zero-order valence-corrected chi connectivity index (χ0v) is 13.3. The van der Waals surface area contributed by atoms with Gasteiger partial charge in [0.05, 0.1) is 17.3 Å². The predicted octanol–water partition coefficient (Wildman–Crippen LogP) is 4.74. The number of halogens is 2. The Hall–Kier alpha value is -2.37. The minimum atomic E-state index is -0.499. The summed E-state index contributed by atoms with van der Waals surface area (Å²) in [5, 5.41) is 11.7. The van der Waals surface area contributed by atoms with E-state index in [0.29, 0.717) is 5.02 Å². The van der Waals surface area contributed by atoms with Crippen LogP contribution in [0.25, 0.3) is 0 Å². The molecule has 116 valence electrons. The van der Waals surface area contributed by atoms with E-state index in [1.807, 2.05) is 22.9 Å². The third-order valence-corrected chi connectivity index (χ3v) is 4.05. The van der Waals surface area contributed by atoms with Crippen molar-refractivity contribution < 1.29 is 4.92 Å². The number of hydrogen-bond donors (Lipinski definition) is 0. The van der Waals surface area contributed by atoms with Gasteiger partial charge < -0.3 is 4.57 Å². The van der Waals surface area contributed by atoms with E-state index in [2.05, 4.69) is 4.98 Å². The number of nitrogens with zero attached hydrogens (tertiary/aromatic N) is 3. The molecular formula is C16H11Cl2N3O2. The minimum absolute atomic E-state index is 0.103. The molecule has 0 saturated heterocycles. The van der Waals surface area contributed by atoms with E-state index in [-0.39, 0.29) is 16.8 Å². The summed E-state index contributed by atoms with van der Waals surface area (Å²) in [7, 11) is 0. The van der Waals surface area contributed by atoms with Gasteiger partial charge in [-0.3, -0.25) is 10.1 Å². The zero-order chi connectivity index (χ0) is 16.4. The van der Waals surface area contributed by atoms with Crippen LogP contribution in [0, 0.1) is 10.1 Å². The highest BCUT2D eigenvalue weighted by molar-refractivity contribution is 6.32. The highest BCUT2D eigenvalue weighted by atomic mass is 35.5. The first kappa shape index (κ1) is 15.5. The number of imidazole rings is 1. The first-order chi connectivity index (χ1) is 11.1. The first-order valence-corrected chi connectivity index (χ1v) is 7.48. The number of nitro groups is 1. The van der Waals surface area contributed by atoms with E-state index in [1.165, 1.54) is 6.07 Å². The molecule has 3 aromatic rings. The summed E-state index contributed by atoms with van der Waals surface area (Å²) in [6, 6.07) is 11.9. The van der Waals surface area contributed by atoms with E-state index in [4.69, 9.17) is 23.2 Å². The largest absolute Gasteiger partial charge is 0.326 e. The Morgan fingerprint density at radius 1 is 1.09 bits per heavy atom. The third kappa shape index (κ3) is 3.21. The number of rotatable bonds is 4. The molecule has 0 fully saturated rings. The summed E-state index contributed by atoms with van der Waals surface area (Å²) in [5.41, 5.74) is 1.68. The number of aromatic nitrogens is 2. The molecule has 3 rings (SSSR count). The van der Waals surface area contributed by atoms with Crippen molar-refractivity contribution in [2.75, 3.05) is 0 Å². The molecule has 0 bridgehead atoms. The molecule has 0 aliphatic heterocycles. The van der Waals surface area contributed by atoms with Crippen molar-refractivity contribution in [2.24, 2.45) is 0 Å². The van der Waals surface area contributed by atoms with Gasteiger partial charge in [-0.05, 0) is 35.4 Å². The lowest BCUT2D eigenvalue weighted by atomic mass is 9.98. The van der Waals surface area contributed by atoms with Crippen LogP contribution in [0.1, 0.15) is 17.2 Å². The maximum atomic E-state index is 10.9. The molecule has 1 aromatic heterocycles. The van der Waals surface area contributed by atoms with Crippen LogP contribution in [0.15, 0.2) is 61.2 Å². The van der Waals surface area contributed by atoms with Gasteiger partial charge in [-0.1, -0.05) is 35.3 Å². The number of hydrogen-bond acceptors (Lipinski definition) is 3. The molecule has 0 N–H and O–H groups in total. The maximum absolute atomic E-state index is 10.9. The Kier molecular flexibility index (Phi) is 4.32. The monoisotopic (exact) mass is 347 g/mol. The SMILES string of the molecule is O=[N+]([O-])c1ccc(C(c2ccc(Cl)cc2)n2ccnc2)cc1Cl. The Morgan fingerprint density at radius 3 is 2.35 bits per heavy atom. The fourth-order valence-corrected chi connectivity index (χ4v) is 2.83. The van der Waals surface area contributed by atoms with Gasteiger partial charge in [0.15, 0.2) is 0 Å². The van der Waals surface area contributed by atoms with Gasteiger partial charge >= 0.3 is 0 Å². The molecule has 2 aromatic carbocycles. The fraction of sp³-hybridized carbons (Fsp3) is 0.0625. The van der Waals surface area contributed by atoms with Gasteiger partial charge in [-0.2, -0.15) is 0 Å². The molecule has 0 aliphatic carbocycles. The Bertz CT molecular complexity index is 833. The van der Waals surface area contributed by atoms with Gasteiger partial charge in [0.25, 0.3) is 5.69 Å². The zero-order valence-electron chi connectivity index (χ0n) is 11.8. The maximum Gasteiger partial charge on any atom is 0.287 e. The second kappa shape index (κ2) is 6.40. The van der Waals surface area contributed by atoms with Gasteiger partial charge in [0.2, 0.25) is 0 Å². The molecule has 23 heavy (non-hydrogen) atoms. The molecule has 0 aliphatic rings. The van der Waals surface area contributed by atoms with Crippen molar-refractivity contribution in [3.8, 4) is 0 Å². The van der Waals surface area contributed by atoms with E-state index in [9.17, 15) is 10.1 Å². The second-order valence-electron chi connectivity index (χ2n) is 4.93. The molecule has 1 heterocycles. The van der Waals surface area contributed by atoms with E-state index >= 15 is 0 Å². The summed E-state index contributed by atoms with van der Waals surface area (Å²) in [6.45, 7) is 0. The quantitative estimate of drug-likeness (QED) is 0.506. The molecule has 0 saturated carbocycles. The van der Waals surface area contributed by atoms with Crippen LogP contribution >= 0.6 is 23.2 Å². The fourth-order valence-electron chi connectivity index (χ4n) is 2.45. The molecule has 0 radical (unpaired) electrons. The van der Waals surface area contributed by atoms with Crippen molar-refractivity contribution in [3.63, 3.8) is 0 Å². The topological polar surface area (TPSA) is 61.0 Å². The summed E-state index contributed by atoms with van der Waals surface area (Å²) in [6.07, 6.45) is 5.19. The van der Waals surface area contributed by atoms with Crippen molar-refractivity contribution >= 4 is 28.9 Å². The molecule has 0 spiro atoms. The van der Waals surface area contributed by atoms with Crippen LogP contribution < -0.4 is 0 Å². The smallest absolute Gasteiger partial charge is 0.287 e. The standard InChI is InChI=1S/C16H11Cl2N3O2/c17-13-4-1-11(2-5-13)16(20-8-7-19-10-20)12-3-6-15(21(22)23)14(18)9-12/h1-10,16H. The lowest BCUT2D eigenvalue weighted by Crippen LogP contribution is -2.10. The van der Waals surface area contributed by atoms with Gasteiger partial charge in [0.1, 0.15) is 5.02 Å². The average molecular weight is 348 g/mol. The van der Waals surface area contributed by atoms with Crippen LogP contribution in [0.3, 0.4) is 0 Å². The summed E-state index contributed by atoms with van der Waals surface area (Å²) in [5.74, 6) is 0. The van der Waals surface area contributed by atoms with Gasteiger partial charge in [0, 0.05) is 23.5 Å². The highest BCUT2D eigenvalue weighted by Gasteiger charge is 2.20. The molecule has 7 heteroatoms. The van der Waals surface area contributed by atoms with Crippen LogP contribution in [0.2, 0.25) is 10.0 Å². The van der Waals surface area contributed by atoms with Crippen molar-refractivity contribution in [3.05, 3.63) is 92.5 Å². The van der Waals surface area contributed by atoms with Crippen molar-refractivity contribution in [1.29, 1.82) is 0 Å². The van der Waals surface area contributed by atoms with Gasteiger partial charge in [-0.25, -0.2) is 4.98 Å². The number of nitro benzene ring substituents is 1. The Labute approximate surface area is 142 Å². The highest BCUT2D eigenvalue weighted by Crippen LogP contribution is 2.32.